The number of ether oxygens (including phenoxy) is 1. The van der Waals surface area contributed by atoms with Gasteiger partial charge in [-0.3, -0.25) is 4.79 Å². The van der Waals surface area contributed by atoms with Crippen molar-refractivity contribution in [2.24, 2.45) is 17.1 Å². The van der Waals surface area contributed by atoms with Crippen molar-refractivity contribution in [3.8, 4) is 0 Å². The Morgan fingerprint density at radius 2 is 2.38 bits per heavy atom. The molecule has 2 aliphatic rings. The summed E-state index contributed by atoms with van der Waals surface area (Å²) in [6.45, 7) is 3.48. The van der Waals surface area contributed by atoms with Gasteiger partial charge >= 0.3 is 5.97 Å². The minimum atomic E-state index is -0.905. The zero-order valence-electron chi connectivity index (χ0n) is 9.69. The van der Waals surface area contributed by atoms with Gasteiger partial charge in [0.2, 0.25) is 0 Å². The second-order valence-corrected chi connectivity index (χ2v) is 5.25. The average Bonchev–Trinajstić information content (AvgIpc) is 2.58. The van der Waals surface area contributed by atoms with Gasteiger partial charge in [-0.2, -0.15) is 0 Å². The van der Waals surface area contributed by atoms with Crippen LogP contribution in [0.2, 0.25) is 0 Å². The van der Waals surface area contributed by atoms with Crippen LogP contribution >= 0.6 is 0 Å². The molecule has 2 aliphatic heterocycles. The standard InChI is InChI=1S/C11H20N2O3/c1-13-3-2-8(5-13)11(6-16-7-11)4-9(12)10(14)15/h8-9H,2-7,12H2,1H3,(H,14,15). The molecule has 0 spiro atoms. The molecule has 0 aromatic rings. The third-order valence-corrected chi connectivity index (χ3v) is 3.98. The molecule has 0 saturated carbocycles. The van der Waals surface area contributed by atoms with Crippen molar-refractivity contribution in [3.05, 3.63) is 0 Å². The van der Waals surface area contributed by atoms with Crippen LogP contribution in [-0.4, -0.2) is 55.4 Å². The first-order chi connectivity index (χ1) is 7.53. The van der Waals surface area contributed by atoms with Crippen molar-refractivity contribution in [1.82, 2.24) is 4.90 Å². The first kappa shape index (κ1) is 11.8. The van der Waals surface area contributed by atoms with Gasteiger partial charge in [-0.05, 0) is 32.4 Å². The maximum Gasteiger partial charge on any atom is 0.320 e. The number of carbonyl (C=O) groups is 1. The summed E-state index contributed by atoms with van der Waals surface area (Å²) in [4.78, 5) is 13.1. The Bertz CT molecular complexity index is 278. The molecular formula is C11H20N2O3. The monoisotopic (exact) mass is 228 g/mol. The molecular weight excluding hydrogens is 208 g/mol. The summed E-state index contributed by atoms with van der Waals surface area (Å²) in [6, 6.07) is -0.755. The summed E-state index contributed by atoms with van der Waals surface area (Å²) in [6.07, 6.45) is 1.67. The van der Waals surface area contributed by atoms with Crippen LogP contribution in [0.1, 0.15) is 12.8 Å². The highest BCUT2D eigenvalue weighted by Crippen LogP contribution is 2.44. The molecule has 0 aromatic carbocycles. The highest BCUT2D eigenvalue weighted by molar-refractivity contribution is 5.73. The fraction of sp³-hybridized carbons (Fsp3) is 0.909. The van der Waals surface area contributed by atoms with Gasteiger partial charge in [0.15, 0.2) is 0 Å². The molecule has 5 nitrogen and oxygen atoms in total. The first-order valence-corrected chi connectivity index (χ1v) is 5.78. The van der Waals surface area contributed by atoms with Crippen molar-refractivity contribution in [2.75, 3.05) is 33.4 Å². The maximum absolute atomic E-state index is 10.8. The van der Waals surface area contributed by atoms with E-state index in [1.54, 1.807) is 0 Å². The predicted octanol–water partition coefficient (Wildman–Crippen LogP) is -0.243. The van der Waals surface area contributed by atoms with Gasteiger partial charge in [0.25, 0.3) is 0 Å². The Morgan fingerprint density at radius 3 is 2.75 bits per heavy atom. The molecule has 0 amide bonds. The minimum absolute atomic E-state index is 0.0164. The van der Waals surface area contributed by atoms with Crippen LogP contribution in [0, 0.1) is 11.3 Å². The zero-order valence-corrected chi connectivity index (χ0v) is 9.69. The number of rotatable bonds is 4. The average molecular weight is 228 g/mol. The Labute approximate surface area is 95.5 Å². The smallest absolute Gasteiger partial charge is 0.320 e. The molecule has 92 valence electrons. The van der Waals surface area contributed by atoms with Crippen molar-refractivity contribution in [1.29, 1.82) is 0 Å². The van der Waals surface area contributed by atoms with Crippen molar-refractivity contribution in [2.45, 2.75) is 18.9 Å². The number of hydrogen-bond acceptors (Lipinski definition) is 4. The molecule has 2 unspecified atom stereocenters. The van der Waals surface area contributed by atoms with Gasteiger partial charge in [0, 0.05) is 12.0 Å². The highest BCUT2D eigenvalue weighted by atomic mass is 16.5. The van der Waals surface area contributed by atoms with Crippen LogP contribution in [0.3, 0.4) is 0 Å². The SMILES string of the molecule is CN1CCC(C2(CC(N)C(=O)O)COC2)C1. The van der Waals surface area contributed by atoms with Crippen molar-refractivity contribution in [3.63, 3.8) is 0 Å². The van der Waals surface area contributed by atoms with E-state index in [0.29, 0.717) is 25.6 Å². The highest BCUT2D eigenvalue weighted by Gasteiger charge is 2.48. The lowest BCUT2D eigenvalue weighted by molar-refractivity contribution is -0.159. The number of carboxylic acid groups (broad SMARTS) is 1. The molecule has 0 aliphatic carbocycles. The van der Waals surface area contributed by atoms with Gasteiger partial charge in [-0.15, -0.1) is 0 Å². The van der Waals surface area contributed by atoms with E-state index in [-0.39, 0.29) is 5.41 Å². The molecule has 2 rings (SSSR count). The molecule has 2 atom stereocenters. The Balaban J connectivity index is 1.99. The largest absolute Gasteiger partial charge is 0.480 e. The fourth-order valence-corrected chi connectivity index (χ4v) is 2.84. The summed E-state index contributed by atoms with van der Waals surface area (Å²) in [5, 5.41) is 8.88. The molecule has 0 radical (unpaired) electrons. The van der Waals surface area contributed by atoms with E-state index in [9.17, 15) is 4.79 Å². The van der Waals surface area contributed by atoms with E-state index < -0.39 is 12.0 Å². The summed E-state index contributed by atoms with van der Waals surface area (Å²) >= 11 is 0. The lowest BCUT2D eigenvalue weighted by Gasteiger charge is -2.47. The van der Waals surface area contributed by atoms with Crippen molar-refractivity contribution < 1.29 is 14.6 Å². The topological polar surface area (TPSA) is 75.8 Å². The van der Waals surface area contributed by atoms with E-state index in [1.807, 2.05) is 0 Å². The summed E-state index contributed by atoms with van der Waals surface area (Å²) in [7, 11) is 2.10. The quantitative estimate of drug-likeness (QED) is 0.694. The van der Waals surface area contributed by atoms with E-state index >= 15 is 0 Å². The van der Waals surface area contributed by atoms with Gasteiger partial charge < -0.3 is 20.5 Å². The van der Waals surface area contributed by atoms with Gasteiger partial charge in [-0.1, -0.05) is 0 Å². The third kappa shape index (κ3) is 2.07. The Morgan fingerprint density at radius 1 is 1.69 bits per heavy atom. The molecule has 2 fully saturated rings. The number of carboxylic acids is 1. The van der Waals surface area contributed by atoms with Crippen LogP contribution in [0.25, 0.3) is 0 Å². The van der Waals surface area contributed by atoms with Gasteiger partial charge in [-0.25, -0.2) is 0 Å². The van der Waals surface area contributed by atoms with E-state index in [2.05, 4.69) is 11.9 Å². The maximum atomic E-state index is 10.8. The number of likely N-dealkylation sites (tertiary alicyclic amines) is 1. The lowest BCUT2D eigenvalue weighted by atomic mass is 9.69. The summed E-state index contributed by atoms with van der Waals surface area (Å²) in [5.74, 6) is -0.366. The summed E-state index contributed by atoms with van der Waals surface area (Å²) < 4.78 is 5.30. The summed E-state index contributed by atoms with van der Waals surface area (Å²) in [5.41, 5.74) is 5.66. The van der Waals surface area contributed by atoms with Crippen LogP contribution < -0.4 is 5.73 Å². The Kier molecular flexibility index (Phi) is 3.19. The molecule has 2 saturated heterocycles. The van der Waals surface area contributed by atoms with Crippen LogP contribution in [-0.2, 0) is 9.53 Å². The normalized spacial score (nSPS) is 31.0. The van der Waals surface area contributed by atoms with E-state index in [1.165, 1.54) is 0 Å². The first-order valence-electron chi connectivity index (χ1n) is 5.78. The number of nitrogens with two attached hydrogens (primary N) is 1. The lowest BCUT2D eigenvalue weighted by Crippen LogP contribution is -2.53. The molecule has 0 aromatic heterocycles. The van der Waals surface area contributed by atoms with Crippen LogP contribution in [0.5, 0.6) is 0 Å². The van der Waals surface area contributed by atoms with Crippen LogP contribution in [0.15, 0.2) is 0 Å². The zero-order chi connectivity index (χ0) is 11.8. The van der Waals surface area contributed by atoms with E-state index in [0.717, 1.165) is 19.5 Å². The molecule has 0 bridgehead atoms. The molecule has 2 heterocycles. The molecule has 16 heavy (non-hydrogen) atoms. The van der Waals surface area contributed by atoms with E-state index in [4.69, 9.17) is 15.6 Å². The predicted molar refractivity (Wildman–Crippen MR) is 59.1 cm³/mol. The minimum Gasteiger partial charge on any atom is -0.480 e. The number of hydrogen-bond donors (Lipinski definition) is 2. The Hall–Kier alpha value is -0.650. The number of aliphatic carboxylic acids is 1. The molecule has 3 N–H and O–H groups in total. The molecule has 5 heteroatoms. The van der Waals surface area contributed by atoms with Gasteiger partial charge in [0.05, 0.1) is 13.2 Å². The second-order valence-electron chi connectivity index (χ2n) is 5.25. The van der Waals surface area contributed by atoms with Crippen molar-refractivity contribution >= 4 is 5.97 Å². The number of nitrogens with zero attached hydrogens (tertiary/aromatic N) is 1. The fourth-order valence-electron chi connectivity index (χ4n) is 2.84. The third-order valence-electron chi connectivity index (χ3n) is 3.98. The second kappa shape index (κ2) is 4.31. The van der Waals surface area contributed by atoms with Gasteiger partial charge in [0.1, 0.15) is 6.04 Å². The van der Waals surface area contributed by atoms with Crippen LogP contribution in [0.4, 0.5) is 0 Å².